The number of hydrogen-bond acceptors (Lipinski definition) is 0. The van der Waals surface area contributed by atoms with Crippen molar-refractivity contribution >= 4 is 0 Å². The quantitative estimate of drug-likeness (QED) is 0.494. The van der Waals surface area contributed by atoms with Gasteiger partial charge in [-0.05, 0) is 18.3 Å². The zero-order chi connectivity index (χ0) is 9.57. The molecule has 0 N–H and O–H groups in total. The largest absolute Gasteiger partial charge is 2.00 e. The monoisotopic (exact) mass is 302 g/mol. The van der Waals surface area contributed by atoms with E-state index in [9.17, 15) is 0 Å². The molecule has 2 saturated carbocycles. The Hall–Kier alpha value is 0.883. The fourth-order valence-electron chi connectivity index (χ4n) is 2.39. The third kappa shape index (κ3) is 11.4. The van der Waals surface area contributed by atoms with Gasteiger partial charge in [0.05, 0.1) is 0 Å². The van der Waals surface area contributed by atoms with Crippen LogP contribution in [0.5, 0.6) is 0 Å². The van der Waals surface area contributed by atoms with Gasteiger partial charge < -0.3 is 14.9 Å². The maximum Gasteiger partial charge on any atom is 2.00 e. The summed E-state index contributed by atoms with van der Waals surface area (Å²) in [5, 5.41) is 0. The third-order valence-corrected chi connectivity index (χ3v) is 3.46. The van der Waals surface area contributed by atoms with Crippen molar-refractivity contribution in [3.05, 3.63) is 14.9 Å². The van der Waals surface area contributed by atoms with E-state index in [0.29, 0.717) is 5.41 Å². The summed E-state index contributed by atoms with van der Waals surface area (Å²) in [4.78, 5) is 0. The molecule has 0 unspecified atom stereocenters. The summed E-state index contributed by atoms with van der Waals surface area (Å²) >= 11 is 0. The van der Waals surface area contributed by atoms with E-state index in [0.717, 1.165) is 0 Å². The van der Waals surface area contributed by atoms with E-state index in [4.69, 9.17) is 0 Å². The van der Waals surface area contributed by atoms with E-state index in [2.05, 4.69) is 13.8 Å². The fraction of sp³-hybridized carbons (Fsp3) is 0.867. The zero-order valence-electron chi connectivity index (χ0n) is 12.1. The molecule has 0 nitrogen and oxygen atoms in total. The van der Waals surface area contributed by atoms with Crippen LogP contribution in [0.2, 0.25) is 0 Å². The zero-order valence-corrected chi connectivity index (χ0v) is 14.5. The molecule has 1 heteroatoms. The molecule has 16 heavy (non-hydrogen) atoms. The average molecular weight is 304 g/mol. The molecule has 0 aliphatic heterocycles. The Labute approximate surface area is 124 Å². The standard InChI is InChI=1S/C8H16.C5H10.2CH3.Zr/c1-8(2)6-4-3-5-7-8;1-2-4-5-3-1;;;/h3-7H2,1-2H3;1-5H2;2*1H3;/q;;2*-1;+2. The molecule has 0 spiro atoms. The average Bonchev–Trinajstić information content (AvgIpc) is 2.60. The van der Waals surface area contributed by atoms with Crippen molar-refractivity contribution in [2.24, 2.45) is 5.41 Å². The molecule has 2 rings (SSSR count). The minimum absolute atomic E-state index is 0. The van der Waals surface area contributed by atoms with E-state index in [-0.39, 0.29) is 41.1 Å². The first-order chi connectivity index (χ1) is 6.21. The van der Waals surface area contributed by atoms with Crippen LogP contribution in [0, 0.1) is 20.3 Å². The van der Waals surface area contributed by atoms with Crippen LogP contribution in [0.15, 0.2) is 0 Å². The van der Waals surface area contributed by atoms with Crippen LogP contribution in [0.1, 0.15) is 78.1 Å². The Morgan fingerprint density at radius 3 is 1.00 bits per heavy atom. The predicted molar refractivity (Wildman–Crippen MR) is 72.8 cm³/mol. The van der Waals surface area contributed by atoms with Crippen molar-refractivity contribution in [1.29, 1.82) is 0 Å². The van der Waals surface area contributed by atoms with Gasteiger partial charge in [-0.25, -0.2) is 0 Å². The van der Waals surface area contributed by atoms with Crippen LogP contribution in [-0.4, -0.2) is 0 Å². The van der Waals surface area contributed by atoms with E-state index in [1.807, 2.05) is 0 Å². The van der Waals surface area contributed by atoms with Crippen molar-refractivity contribution < 1.29 is 26.2 Å². The first-order valence-corrected chi connectivity index (χ1v) is 6.21. The summed E-state index contributed by atoms with van der Waals surface area (Å²) in [6.07, 6.45) is 14.8. The Kier molecular flexibility index (Phi) is 17.0. The van der Waals surface area contributed by atoms with E-state index >= 15 is 0 Å². The van der Waals surface area contributed by atoms with Crippen LogP contribution in [0.25, 0.3) is 0 Å². The Morgan fingerprint density at radius 1 is 0.562 bits per heavy atom. The molecular formula is C15H32Zr. The van der Waals surface area contributed by atoms with Crippen LogP contribution in [0.4, 0.5) is 0 Å². The van der Waals surface area contributed by atoms with Gasteiger partial charge in [-0.15, -0.1) is 0 Å². The smallest absolute Gasteiger partial charge is 0.358 e. The van der Waals surface area contributed by atoms with Crippen molar-refractivity contribution in [3.63, 3.8) is 0 Å². The topological polar surface area (TPSA) is 0 Å². The first kappa shape index (κ1) is 22.1. The van der Waals surface area contributed by atoms with Crippen molar-refractivity contribution in [3.8, 4) is 0 Å². The summed E-state index contributed by atoms with van der Waals surface area (Å²) in [5.41, 5.74) is 0.679. The molecule has 0 amide bonds. The normalized spacial score (nSPS) is 21.4. The van der Waals surface area contributed by atoms with Gasteiger partial charge in [0.1, 0.15) is 0 Å². The predicted octanol–water partition coefficient (Wildman–Crippen LogP) is 5.83. The molecule has 0 bridgehead atoms. The van der Waals surface area contributed by atoms with Gasteiger partial charge in [-0.1, -0.05) is 65.2 Å². The van der Waals surface area contributed by atoms with Crippen molar-refractivity contribution in [2.45, 2.75) is 78.1 Å². The minimum Gasteiger partial charge on any atom is -0.358 e. The molecule has 0 aromatic carbocycles. The molecule has 0 radical (unpaired) electrons. The van der Waals surface area contributed by atoms with Gasteiger partial charge >= 0.3 is 26.2 Å². The Bertz CT molecular complexity index is 110. The second kappa shape index (κ2) is 12.3. The van der Waals surface area contributed by atoms with Gasteiger partial charge in [0, 0.05) is 0 Å². The molecule has 96 valence electrons. The molecule has 0 atom stereocenters. The molecule has 2 aliphatic carbocycles. The Morgan fingerprint density at radius 2 is 0.812 bits per heavy atom. The summed E-state index contributed by atoms with van der Waals surface area (Å²) in [6, 6.07) is 0. The summed E-state index contributed by atoms with van der Waals surface area (Å²) in [7, 11) is 0. The summed E-state index contributed by atoms with van der Waals surface area (Å²) in [5.74, 6) is 0. The van der Waals surface area contributed by atoms with Crippen molar-refractivity contribution in [1.82, 2.24) is 0 Å². The van der Waals surface area contributed by atoms with Gasteiger partial charge in [0.2, 0.25) is 0 Å². The van der Waals surface area contributed by atoms with Crippen molar-refractivity contribution in [2.75, 3.05) is 0 Å². The summed E-state index contributed by atoms with van der Waals surface area (Å²) < 4.78 is 0. The van der Waals surface area contributed by atoms with Gasteiger partial charge in [-0.3, -0.25) is 0 Å². The maximum absolute atomic E-state index is 2.38. The second-order valence-corrected chi connectivity index (χ2v) is 5.49. The first-order valence-electron chi connectivity index (χ1n) is 6.21. The SMILES string of the molecule is C1CCCC1.CC1(C)CCCCC1.[CH3-].[CH3-].[Zr+2]. The van der Waals surface area contributed by atoms with E-state index in [1.54, 1.807) is 0 Å². The van der Waals surface area contributed by atoms with Crippen LogP contribution < -0.4 is 0 Å². The number of hydrogen-bond donors (Lipinski definition) is 0. The van der Waals surface area contributed by atoms with Gasteiger partial charge in [-0.2, -0.15) is 0 Å². The number of rotatable bonds is 0. The van der Waals surface area contributed by atoms with E-state index < -0.39 is 0 Å². The molecule has 0 aromatic rings. The molecule has 2 fully saturated rings. The van der Waals surface area contributed by atoms with Gasteiger partial charge in [0.25, 0.3) is 0 Å². The van der Waals surface area contributed by atoms with Crippen LogP contribution in [0.3, 0.4) is 0 Å². The fourth-order valence-corrected chi connectivity index (χ4v) is 2.39. The third-order valence-electron chi connectivity index (χ3n) is 3.46. The molecule has 2 aliphatic rings. The van der Waals surface area contributed by atoms with Crippen LogP contribution >= 0.6 is 0 Å². The molecule has 0 aromatic heterocycles. The molecular weight excluding hydrogens is 271 g/mol. The van der Waals surface area contributed by atoms with Gasteiger partial charge in [0.15, 0.2) is 0 Å². The minimum atomic E-state index is 0. The maximum atomic E-state index is 2.38. The molecule has 0 heterocycles. The van der Waals surface area contributed by atoms with Crippen LogP contribution in [-0.2, 0) is 26.2 Å². The summed E-state index contributed by atoms with van der Waals surface area (Å²) in [6.45, 7) is 4.76. The van der Waals surface area contributed by atoms with E-state index in [1.165, 1.54) is 64.2 Å². The Balaban J connectivity index is -0.000000189. The molecule has 0 saturated heterocycles. The second-order valence-electron chi connectivity index (χ2n) is 5.49.